The first kappa shape index (κ1) is 26.8. The van der Waals surface area contributed by atoms with E-state index in [0.717, 1.165) is 46.7 Å². The molecule has 0 aliphatic rings. The molecule has 0 saturated heterocycles. The Balaban J connectivity index is 1.55. The number of tetrazole rings is 1. The maximum absolute atomic E-state index is 13.4. The predicted octanol–water partition coefficient (Wildman–Crippen LogP) is 6.69. The highest BCUT2D eigenvalue weighted by Crippen LogP contribution is 2.36. The molecule has 2 N–H and O–H groups in total. The summed E-state index contributed by atoms with van der Waals surface area (Å²) in [6, 6.07) is 32.8. The van der Waals surface area contributed by atoms with Gasteiger partial charge < -0.3 is 10.2 Å². The number of amides is 1. The molecular weight excluding hydrogens is 496 g/mol. The summed E-state index contributed by atoms with van der Waals surface area (Å²) in [6.45, 7) is 8.05. The van der Waals surface area contributed by atoms with E-state index in [1.165, 1.54) is 11.1 Å². The molecule has 5 rings (SSSR count). The van der Waals surface area contributed by atoms with E-state index < -0.39 is 0 Å². The van der Waals surface area contributed by atoms with Gasteiger partial charge in [-0.3, -0.25) is 4.79 Å². The van der Waals surface area contributed by atoms with Crippen molar-refractivity contribution >= 4 is 17.3 Å². The number of benzene rings is 4. The van der Waals surface area contributed by atoms with Gasteiger partial charge in [-0.15, -0.1) is 5.10 Å². The molecule has 1 aromatic heterocycles. The minimum Gasteiger partial charge on any atom is -0.365 e. The van der Waals surface area contributed by atoms with Crippen LogP contribution in [-0.4, -0.2) is 33.1 Å². The molecule has 4 aromatic carbocycles. The van der Waals surface area contributed by atoms with Gasteiger partial charge in [0.1, 0.15) is 0 Å². The zero-order valence-corrected chi connectivity index (χ0v) is 23.1. The van der Waals surface area contributed by atoms with Crippen molar-refractivity contribution in [2.45, 2.75) is 33.7 Å². The number of H-pyrrole nitrogens is 1. The van der Waals surface area contributed by atoms with Crippen LogP contribution in [0.3, 0.4) is 0 Å². The molecule has 7 heteroatoms. The van der Waals surface area contributed by atoms with E-state index in [1.807, 2.05) is 61.5 Å². The molecule has 0 bridgehead atoms. The highest BCUT2D eigenvalue weighted by atomic mass is 16.1. The molecule has 40 heavy (non-hydrogen) atoms. The number of nitrogens with zero attached hydrogens (tertiary/aromatic N) is 4. The van der Waals surface area contributed by atoms with Gasteiger partial charge >= 0.3 is 0 Å². The Morgan fingerprint density at radius 3 is 2.30 bits per heavy atom. The molecule has 0 radical (unpaired) electrons. The van der Waals surface area contributed by atoms with Gasteiger partial charge in [0.15, 0.2) is 5.82 Å². The van der Waals surface area contributed by atoms with Crippen LogP contribution in [-0.2, 0) is 17.8 Å². The summed E-state index contributed by atoms with van der Waals surface area (Å²) in [4.78, 5) is 15.7. The molecule has 7 nitrogen and oxygen atoms in total. The third kappa shape index (κ3) is 6.61. The fourth-order valence-corrected chi connectivity index (χ4v) is 4.87. The number of aromatic nitrogens is 4. The first-order valence-electron chi connectivity index (χ1n) is 13.6. The Hall–Kier alpha value is -4.78. The highest BCUT2D eigenvalue weighted by Gasteiger charge is 2.18. The standard InChI is InChI=1S/C33H34N6O/c1-23(2)21-39(22-26-9-5-4-6-10-26)31-18-17-27(28-11-7-8-12-29(28)33-35-37-38-36-33)20-30(31)34-32(40)19-25-15-13-24(3)14-16-25/h4-18,20,23H,19,21-22H2,1-3H3,(H,34,40)(H,35,36,37,38). The number of anilines is 2. The summed E-state index contributed by atoms with van der Waals surface area (Å²) >= 11 is 0. The molecule has 202 valence electrons. The zero-order chi connectivity index (χ0) is 27.9. The number of hydrogen-bond acceptors (Lipinski definition) is 5. The molecule has 1 amide bonds. The van der Waals surface area contributed by atoms with Gasteiger partial charge in [0.05, 0.1) is 17.8 Å². The van der Waals surface area contributed by atoms with Crippen LogP contribution in [0.4, 0.5) is 11.4 Å². The molecule has 0 aliphatic carbocycles. The predicted molar refractivity (Wildman–Crippen MR) is 161 cm³/mol. The molecular formula is C33H34N6O. The first-order valence-corrected chi connectivity index (χ1v) is 13.6. The van der Waals surface area contributed by atoms with Crippen LogP contribution in [0.5, 0.6) is 0 Å². The van der Waals surface area contributed by atoms with E-state index in [9.17, 15) is 4.79 Å². The lowest BCUT2D eigenvalue weighted by Gasteiger charge is -2.29. The number of aryl methyl sites for hydroxylation is 1. The summed E-state index contributed by atoms with van der Waals surface area (Å²) in [5.74, 6) is 0.966. The Morgan fingerprint density at radius 2 is 1.60 bits per heavy atom. The number of nitrogens with one attached hydrogen (secondary N) is 2. The quantitative estimate of drug-likeness (QED) is 0.210. The molecule has 0 atom stereocenters. The van der Waals surface area contributed by atoms with Crippen molar-refractivity contribution in [2.24, 2.45) is 5.92 Å². The van der Waals surface area contributed by atoms with Crippen LogP contribution >= 0.6 is 0 Å². The summed E-state index contributed by atoms with van der Waals surface area (Å²) < 4.78 is 0. The van der Waals surface area contributed by atoms with Crippen LogP contribution in [0, 0.1) is 12.8 Å². The second kappa shape index (κ2) is 12.4. The van der Waals surface area contributed by atoms with Gasteiger partial charge in [-0.25, -0.2) is 5.10 Å². The first-order chi connectivity index (χ1) is 19.5. The van der Waals surface area contributed by atoms with Crippen molar-refractivity contribution in [3.63, 3.8) is 0 Å². The summed E-state index contributed by atoms with van der Waals surface area (Å²) in [7, 11) is 0. The lowest BCUT2D eigenvalue weighted by atomic mass is 9.97. The SMILES string of the molecule is Cc1ccc(CC(=O)Nc2cc(-c3ccccc3-c3nnn[nH]3)ccc2N(Cc2ccccc2)CC(C)C)cc1. The van der Waals surface area contributed by atoms with Crippen molar-refractivity contribution in [3.05, 3.63) is 114 Å². The number of carbonyl (C=O) groups excluding carboxylic acids is 1. The van der Waals surface area contributed by atoms with E-state index >= 15 is 0 Å². The minimum atomic E-state index is -0.0563. The number of rotatable bonds is 10. The molecule has 1 heterocycles. The zero-order valence-electron chi connectivity index (χ0n) is 23.1. The number of hydrogen-bond donors (Lipinski definition) is 2. The van der Waals surface area contributed by atoms with Gasteiger partial charge in [-0.05, 0) is 57.7 Å². The summed E-state index contributed by atoms with van der Waals surface area (Å²) in [6.07, 6.45) is 0.299. The van der Waals surface area contributed by atoms with Gasteiger partial charge in [0.2, 0.25) is 5.91 Å². The Labute approximate surface area is 235 Å². The average Bonchev–Trinajstić information content (AvgIpc) is 3.49. The van der Waals surface area contributed by atoms with E-state index in [-0.39, 0.29) is 5.91 Å². The van der Waals surface area contributed by atoms with E-state index in [4.69, 9.17) is 0 Å². The van der Waals surface area contributed by atoms with Crippen molar-refractivity contribution in [2.75, 3.05) is 16.8 Å². The fraction of sp³-hybridized carbons (Fsp3) is 0.212. The topological polar surface area (TPSA) is 86.8 Å². The molecule has 0 spiro atoms. The highest BCUT2D eigenvalue weighted by molar-refractivity contribution is 5.97. The molecule has 5 aromatic rings. The van der Waals surface area contributed by atoms with Crippen molar-refractivity contribution in [1.82, 2.24) is 20.6 Å². The van der Waals surface area contributed by atoms with E-state index in [1.54, 1.807) is 0 Å². The Bertz CT molecular complexity index is 1550. The van der Waals surface area contributed by atoms with Crippen LogP contribution in [0.25, 0.3) is 22.5 Å². The van der Waals surface area contributed by atoms with Crippen molar-refractivity contribution in [1.29, 1.82) is 0 Å². The average molecular weight is 531 g/mol. The maximum Gasteiger partial charge on any atom is 0.228 e. The van der Waals surface area contributed by atoms with Crippen LogP contribution in [0.1, 0.15) is 30.5 Å². The fourth-order valence-electron chi connectivity index (χ4n) is 4.87. The van der Waals surface area contributed by atoms with E-state index in [2.05, 4.69) is 87.2 Å². The Kier molecular flexibility index (Phi) is 8.30. The second-order valence-corrected chi connectivity index (χ2v) is 10.5. The smallest absolute Gasteiger partial charge is 0.228 e. The summed E-state index contributed by atoms with van der Waals surface area (Å²) in [5.41, 5.74) is 7.95. The maximum atomic E-state index is 13.4. The van der Waals surface area contributed by atoms with Gasteiger partial charge in [0, 0.05) is 18.7 Å². The van der Waals surface area contributed by atoms with Crippen LogP contribution < -0.4 is 10.2 Å². The normalized spacial score (nSPS) is 11.0. The van der Waals surface area contributed by atoms with Gasteiger partial charge in [0.25, 0.3) is 0 Å². The molecule has 0 aliphatic heterocycles. The molecule has 0 fully saturated rings. The number of carbonyl (C=O) groups is 1. The van der Waals surface area contributed by atoms with Crippen LogP contribution in [0.2, 0.25) is 0 Å². The van der Waals surface area contributed by atoms with Gasteiger partial charge in [-0.1, -0.05) is 104 Å². The second-order valence-electron chi connectivity index (χ2n) is 10.5. The van der Waals surface area contributed by atoms with Crippen molar-refractivity contribution in [3.8, 4) is 22.5 Å². The largest absolute Gasteiger partial charge is 0.365 e. The molecule has 0 saturated carbocycles. The third-order valence-electron chi connectivity index (χ3n) is 6.74. The molecule has 0 unspecified atom stereocenters. The van der Waals surface area contributed by atoms with Gasteiger partial charge in [-0.2, -0.15) is 0 Å². The minimum absolute atomic E-state index is 0.0563. The Morgan fingerprint density at radius 1 is 0.875 bits per heavy atom. The number of aromatic amines is 1. The summed E-state index contributed by atoms with van der Waals surface area (Å²) in [5, 5.41) is 17.8. The van der Waals surface area contributed by atoms with Crippen LogP contribution in [0.15, 0.2) is 97.1 Å². The monoisotopic (exact) mass is 530 g/mol. The van der Waals surface area contributed by atoms with Crippen molar-refractivity contribution < 1.29 is 4.79 Å². The lowest BCUT2D eigenvalue weighted by Crippen LogP contribution is -2.28. The third-order valence-corrected chi connectivity index (χ3v) is 6.74. The lowest BCUT2D eigenvalue weighted by molar-refractivity contribution is -0.115. The van der Waals surface area contributed by atoms with E-state index in [0.29, 0.717) is 18.2 Å².